The van der Waals surface area contributed by atoms with E-state index in [0.717, 1.165) is 11.0 Å². The Balaban J connectivity index is 2.21. The Morgan fingerprint density at radius 1 is 0.895 bits per heavy atom. The zero-order valence-corrected chi connectivity index (χ0v) is 13.6. The van der Waals surface area contributed by atoms with Crippen molar-refractivity contribution in [3.05, 3.63) is 62.6 Å². The summed E-state index contributed by atoms with van der Waals surface area (Å²) < 4.78 is 1.14. The summed E-state index contributed by atoms with van der Waals surface area (Å²) in [6.45, 7) is 9.46. The van der Waals surface area contributed by atoms with Crippen LogP contribution < -0.4 is 5.32 Å². The molecule has 1 nitrogen and oxygen atoms in total. The van der Waals surface area contributed by atoms with Crippen molar-refractivity contribution in [2.24, 2.45) is 0 Å². The average Bonchev–Trinajstić information content (AvgIpc) is 2.32. The monoisotopic (exact) mass is 317 g/mol. The van der Waals surface area contributed by atoms with E-state index in [2.05, 4.69) is 79.3 Å². The van der Waals surface area contributed by atoms with Gasteiger partial charge in [0.2, 0.25) is 0 Å². The van der Waals surface area contributed by atoms with E-state index in [9.17, 15) is 0 Å². The molecule has 0 heterocycles. The van der Waals surface area contributed by atoms with Crippen LogP contribution in [0.2, 0.25) is 0 Å². The van der Waals surface area contributed by atoms with E-state index in [-0.39, 0.29) is 0 Å². The minimum atomic E-state index is 0.872. The molecule has 0 aromatic heterocycles. The lowest BCUT2D eigenvalue weighted by atomic mass is 10.0. The number of hydrogen-bond donors (Lipinski definition) is 1. The maximum atomic E-state index is 3.57. The van der Waals surface area contributed by atoms with Crippen LogP contribution in [0, 0.1) is 27.7 Å². The SMILES string of the molecule is Cc1ccc(C)c(CNc2c(C)cc(Br)cc2C)c1. The lowest BCUT2D eigenvalue weighted by Crippen LogP contribution is -2.04. The fourth-order valence-electron chi connectivity index (χ4n) is 2.36. The van der Waals surface area contributed by atoms with Crippen molar-refractivity contribution in [1.29, 1.82) is 0 Å². The highest BCUT2D eigenvalue weighted by Gasteiger charge is 2.05. The average molecular weight is 318 g/mol. The Hall–Kier alpha value is -1.28. The molecule has 0 atom stereocenters. The summed E-state index contributed by atoms with van der Waals surface area (Å²) in [6, 6.07) is 10.9. The largest absolute Gasteiger partial charge is 0.381 e. The minimum Gasteiger partial charge on any atom is -0.381 e. The second kappa shape index (κ2) is 5.79. The maximum absolute atomic E-state index is 3.57. The van der Waals surface area contributed by atoms with Gasteiger partial charge in [0.05, 0.1) is 0 Å². The van der Waals surface area contributed by atoms with E-state index in [1.807, 2.05) is 0 Å². The minimum absolute atomic E-state index is 0.872. The normalized spacial score (nSPS) is 10.6. The van der Waals surface area contributed by atoms with Gasteiger partial charge in [-0.05, 0) is 62.1 Å². The van der Waals surface area contributed by atoms with Gasteiger partial charge in [-0.15, -0.1) is 0 Å². The van der Waals surface area contributed by atoms with Crippen molar-refractivity contribution < 1.29 is 0 Å². The Labute approximate surface area is 124 Å². The first-order valence-corrected chi connectivity index (χ1v) is 7.33. The second-order valence-electron chi connectivity index (χ2n) is 5.20. The van der Waals surface area contributed by atoms with Crippen molar-refractivity contribution in [2.75, 3.05) is 5.32 Å². The van der Waals surface area contributed by atoms with Gasteiger partial charge in [-0.3, -0.25) is 0 Å². The van der Waals surface area contributed by atoms with Crippen molar-refractivity contribution >= 4 is 21.6 Å². The number of aryl methyl sites for hydroxylation is 4. The quantitative estimate of drug-likeness (QED) is 0.810. The molecule has 0 radical (unpaired) electrons. The molecule has 0 spiro atoms. The molecule has 100 valence electrons. The molecule has 0 aliphatic heterocycles. The molecule has 2 rings (SSSR count). The molecule has 0 aliphatic rings. The van der Waals surface area contributed by atoms with Crippen molar-refractivity contribution in [3.63, 3.8) is 0 Å². The maximum Gasteiger partial charge on any atom is 0.0403 e. The van der Waals surface area contributed by atoms with Crippen LogP contribution in [0.15, 0.2) is 34.8 Å². The molecule has 19 heavy (non-hydrogen) atoms. The predicted molar refractivity (Wildman–Crippen MR) is 86.9 cm³/mol. The third-order valence-corrected chi connectivity index (χ3v) is 3.92. The first-order valence-electron chi connectivity index (χ1n) is 6.54. The lowest BCUT2D eigenvalue weighted by Gasteiger charge is -2.15. The van der Waals surface area contributed by atoms with Gasteiger partial charge in [0.1, 0.15) is 0 Å². The van der Waals surface area contributed by atoms with Gasteiger partial charge in [0.15, 0.2) is 0 Å². The first kappa shape index (κ1) is 14.1. The molecule has 1 N–H and O–H groups in total. The van der Waals surface area contributed by atoms with Crippen LogP contribution >= 0.6 is 15.9 Å². The van der Waals surface area contributed by atoms with E-state index < -0.39 is 0 Å². The number of rotatable bonds is 3. The number of halogens is 1. The van der Waals surface area contributed by atoms with Gasteiger partial charge in [-0.2, -0.15) is 0 Å². The van der Waals surface area contributed by atoms with E-state index in [1.54, 1.807) is 0 Å². The lowest BCUT2D eigenvalue weighted by molar-refractivity contribution is 1.10. The third-order valence-electron chi connectivity index (χ3n) is 3.46. The molecule has 0 amide bonds. The number of benzene rings is 2. The molecule has 0 saturated heterocycles. The van der Waals surface area contributed by atoms with Crippen LogP contribution in [0.25, 0.3) is 0 Å². The van der Waals surface area contributed by atoms with Crippen molar-refractivity contribution in [1.82, 2.24) is 0 Å². The van der Waals surface area contributed by atoms with Crippen LogP contribution in [0.5, 0.6) is 0 Å². The fourth-order valence-corrected chi connectivity index (χ4v) is 3.05. The molecular formula is C17H20BrN. The molecule has 0 unspecified atom stereocenters. The van der Waals surface area contributed by atoms with Crippen LogP contribution in [-0.4, -0.2) is 0 Å². The highest BCUT2D eigenvalue weighted by molar-refractivity contribution is 9.10. The molecule has 2 heteroatoms. The Morgan fingerprint density at radius 2 is 1.53 bits per heavy atom. The van der Waals surface area contributed by atoms with Crippen LogP contribution in [-0.2, 0) is 6.54 Å². The molecule has 2 aromatic carbocycles. The van der Waals surface area contributed by atoms with Crippen LogP contribution in [0.4, 0.5) is 5.69 Å². The Kier molecular flexibility index (Phi) is 4.31. The summed E-state index contributed by atoms with van der Waals surface area (Å²) >= 11 is 3.54. The van der Waals surface area contributed by atoms with Crippen molar-refractivity contribution in [3.8, 4) is 0 Å². The van der Waals surface area contributed by atoms with Gasteiger partial charge in [-0.25, -0.2) is 0 Å². The fraction of sp³-hybridized carbons (Fsp3) is 0.294. The number of nitrogens with one attached hydrogen (secondary N) is 1. The Bertz CT molecular complexity index is 579. The highest BCUT2D eigenvalue weighted by atomic mass is 79.9. The second-order valence-corrected chi connectivity index (χ2v) is 6.11. The summed E-state index contributed by atoms with van der Waals surface area (Å²) in [5.41, 5.74) is 7.80. The molecular weight excluding hydrogens is 298 g/mol. The van der Waals surface area contributed by atoms with Gasteiger partial charge >= 0.3 is 0 Å². The van der Waals surface area contributed by atoms with Crippen molar-refractivity contribution in [2.45, 2.75) is 34.2 Å². The van der Waals surface area contributed by atoms with Gasteiger partial charge in [0, 0.05) is 16.7 Å². The molecule has 2 aromatic rings. The third kappa shape index (κ3) is 3.38. The topological polar surface area (TPSA) is 12.0 Å². The van der Waals surface area contributed by atoms with E-state index in [4.69, 9.17) is 0 Å². The summed E-state index contributed by atoms with van der Waals surface area (Å²) in [5, 5.41) is 3.57. The van der Waals surface area contributed by atoms with Crippen LogP contribution in [0.3, 0.4) is 0 Å². The highest BCUT2D eigenvalue weighted by Crippen LogP contribution is 2.26. The first-order chi connectivity index (χ1) is 8.97. The van der Waals surface area contributed by atoms with E-state index in [0.29, 0.717) is 0 Å². The Morgan fingerprint density at radius 3 is 2.16 bits per heavy atom. The zero-order valence-electron chi connectivity index (χ0n) is 12.0. The van der Waals surface area contributed by atoms with E-state index in [1.165, 1.54) is 33.5 Å². The molecule has 0 aliphatic carbocycles. The zero-order chi connectivity index (χ0) is 14.0. The predicted octanol–water partition coefficient (Wildman–Crippen LogP) is 5.29. The summed E-state index contributed by atoms with van der Waals surface area (Å²) in [5.74, 6) is 0. The summed E-state index contributed by atoms with van der Waals surface area (Å²) in [7, 11) is 0. The number of hydrogen-bond acceptors (Lipinski definition) is 1. The molecule has 0 bridgehead atoms. The van der Waals surface area contributed by atoms with E-state index >= 15 is 0 Å². The summed E-state index contributed by atoms with van der Waals surface area (Å²) in [6.07, 6.45) is 0. The molecule has 0 fully saturated rings. The molecule has 0 saturated carbocycles. The van der Waals surface area contributed by atoms with Gasteiger partial charge < -0.3 is 5.32 Å². The van der Waals surface area contributed by atoms with Crippen LogP contribution in [0.1, 0.15) is 27.8 Å². The standard InChI is InChI=1S/C17H20BrN/c1-11-5-6-12(2)15(7-11)10-19-17-13(3)8-16(18)9-14(17)4/h5-9,19H,10H2,1-4H3. The van der Waals surface area contributed by atoms with Gasteiger partial charge in [-0.1, -0.05) is 39.7 Å². The number of anilines is 1. The smallest absolute Gasteiger partial charge is 0.0403 e. The summed E-state index contributed by atoms with van der Waals surface area (Å²) in [4.78, 5) is 0. The van der Waals surface area contributed by atoms with Gasteiger partial charge in [0.25, 0.3) is 0 Å².